The van der Waals surface area contributed by atoms with Gasteiger partial charge in [-0.3, -0.25) is 4.99 Å². The molecule has 3 N–H and O–H groups in total. The van der Waals surface area contributed by atoms with Gasteiger partial charge >= 0.3 is 5.97 Å². The Labute approximate surface area is 134 Å². The Morgan fingerprint density at radius 2 is 1.70 bits per heavy atom. The van der Waals surface area contributed by atoms with Crippen molar-refractivity contribution in [3.05, 3.63) is 70.8 Å². The Kier molecular flexibility index (Phi) is 4.90. The SMILES string of the molecule is Cc1ccc(/C(N)=C(\C#N)C=Nc2ccc(C(=O)O)cc2)cc1. The molecule has 23 heavy (non-hydrogen) atoms. The van der Waals surface area contributed by atoms with Gasteiger partial charge in [-0.2, -0.15) is 5.26 Å². The lowest BCUT2D eigenvalue weighted by Gasteiger charge is -2.03. The van der Waals surface area contributed by atoms with E-state index in [-0.39, 0.29) is 11.1 Å². The normalized spacial score (nSPS) is 11.8. The van der Waals surface area contributed by atoms with E-state index in [1.165, 1.54) is 18.3 Å². The second-order valence-electron chi connectivity index (χ2n) is 4.92. The van der Waals surface area contributed by atoms with E-state index in [2.05, 4.69) is 4.99 Å². The molecule has 0 aliphatic rings. The second-order valence-corrected chi connectivity index (χ2v) is 4.92. The number of allylic oxidation sites excluding steroid dienone is 1. The molecule has 0 saturated carbocycles. The number of carboxylic acids is 1. The molecule has 2 rings (SSSR count). The molecule has 2 aromatic rings. The quantitative estimate of drug-likeness (QED) is 0.668. The lowest BCUT2D eigenvalue weighted by Crippen LogP contribution is -2.01. The van der Waals surface area contributed by atoms with Gasteiger partial charge in [0.05, 0.1) is 22.5 Å². The number of aromatic carboxylic acids is 1. The molecule has 0 saturated heterocycles. The summed E-state index contributed by atoms with van der Waals surface area (Å²) in [7, 11) is 0. The summed E-state index contributed by atoms with van der Waals surface area (Å²) in [6.45, 7) is 1.97. The first-order valence-corrected chi connectivity index (χ1v) is 6.85. The number of benzene rings is 2. The smallest absolute Gasteiger partial charge is 0.335 e. The second kappa shape index (κ2) is 7.05. The van der Waals surface area contributed by atoms with Crippen molar-refractivity contribution in [3.63, 3.8) is 0 Å². The number of aryl methyl sites for hydroxylation is 1. The molecule has 114 valence electrons. The fourth-order valence-corrected chi connectivity index (χ4v) is 1.88. The number of nitrogens with zero attached hydrogens (tertiary/aromatic N) is 2. The molecule has 0 aromatic heterocycles. The van der Waals surface area contributed by atoms with Crippen molar-refractivity contribution in [2.75, 3.05) is 0 Å². The van der Waals surface area contributed by atoms with E-state index < -0.39 is 5.97 Å². The van der Waals surface area contributed by atoms with Crippen LogP contribution in [-0.2, 0) is 0 Å². The number of rotatable bonds is 4. The van der Waals surface area contributed by atoms with Crippen LogP contribution in [0.15, 0.2) is 59.1 Å². The van der Waals surface area contributed by atoms with Gasteiger partial charge in [0.15, 0.2) is 0 Å². The fourth-order valence-electron chi connectivity index (χ4n) is 1.88. The van der Waals surface area contributed by atoms with Crippen LogP contribution in [0.1, 0.15) is 21.5 Å². The van der Waals surface area contributed by atoms with Gasteiger partial charge in [-0.1, -0.05) is 29.8 Å². The van der Waals surface area contributed by atoms with Crippen LogP contribution in [0.25, 0.3) is 5.70 Å². The molecular weight excluding hydrogens is 290 g/mol. The summed E-state index contributed by atoms with van der Waals surface area (Å²) in [5, 5.41) is 18.1. The first-order chi connectivity index (χ1) is 11.0. The maximum absolute atomic E-state index is 10.8. The average molecular weight is 305 g/mol. The zero-order valence-corrected chi connectivity index (χ0v) is 12.5. The van der Waals surface area contributed by atoms with Crippen molar-refractivity contribution in [2.45, 2.75) is 6.92 Å². The van der Waals surface area contributed by atoms with Crippen molar-refractivity contribution in [3.8, 4) is 6.07 Å². The highest BCUT2D eigenvalue weighted by Crippen LogP contribution is 2.16. The minimum absolute atomic E-state index is 0.180. The molecule has 0 aliphatic carbocycles. The number of carboxylic acid groups (broad SMARTS) is 1. The molecule has 0 radical (unpaired) electrons. The number of nitrogens with two attached hydrogens (primary N) is 1. The van der Waals surface area contributed by atoms with Crippen LogP contribution < -0.4 is 5.73 Å². The summed E-state index contributed by atoms with van der Waals surface area (Å²) in [5.41, 5.74) is 9.18. The maximum atomic E-state index is 10.8. The van der Waals surface area contributed by atoms with Gasteiger partial charge in [-0.15, -0.1) is 0 Å². The fraction of sp³-hybridized carbons (Fsp3) is 0.0556. The molecule has 0 atom stereocenters. The van der Waals surface area contributed by atoms with Gasteiger partial charge in [0, 0.05) is 6.21 Å². The first-order valence-electron chi connectivity index (χ1n) is 6.85. The van der Waals surface area contributed by atoms with Gasteiger partial charge < -0.3 is 10.8 Å². The van der Waals surface area contributed by atoms with Crippen molar-refractivity contribution >= 4 is 23.6 Å². The Balaban J connectivity index is 2.27. The van der Waals surface area contributed by atoms with E-state index in [1.807, 2.05) is 37.3 Å². The highest BCUT2D eigenvalue weighted by molar-refractivity contribution is 5.95. The highest BCUT2D eigenvalue weighted by atomic mass is 16.4. The number of aliphatic imine (C=N–C) groups is 1. The van der Waals surface area contributed by atoms with Crippen molar-refractivity contribution < 1.29 is 9.90 Å². The lowest BCUT2D eigenvalue weighted by atomic mass is 10.1. The third-order valence-electron chi connectivity index (χ3n) is 3.23. The summed E-state index contributed by atoms with van der Waals surface area (Å²) < 4.78 is 0. The van der Waals surface area contributed by atoms with Crippen LogP contribution in [0.2, 0.25) is 0 Å². The van der Waals surface area contributed by atoms with E-state index in [4.69, 9.17) is 10.8 Å². The summed E-state index contributed by atoms with van der Waals surface area (Å²) in [6.07, 6.45) is 1.38. The molecule has 5 heteroatoms. The van der Waals surface area contributed by atoms with E-state index in [0.29, 0.717) is 11.4 Å². The van der Waals surface area contributed by atoms with Crippen LogP contribution in [0.4, 0.5) is 5.69 Å². The Morgan fingerprint density at radius 1 is 1.13 bits per heavy atom. The van der Waals surface area contributed by atoms with Gasteiger partial charge in [0.1, 0.15) is 6.07 Å². The molecule has 5 nitrogen and oxygen atoms in total. The third-order valence-corrected chi connectivity index (χ3v) is 3.23. The number of carbonyl (C=O) groups is 1. The zero-order valence-electron chi connectivity index (χ0n) is 12.5. The van der Waals surface area contributed by atoms with Gasteiger partial charge in [-0.05, 0) is 36.8 Å². The minimum Gasteiger partial charge on any atom is -0.478 e. The minimum atomic E-state index is -0.998. The first kappa shape index (κ1) is 16.0. The lowest BCUT2D eigenvalue weighted by molar-refractivity contribution is 0.0697. The predicted octanol–water partition coefficient (Wildman–Crippen LogP) is 3.29. The van der Waals surface area contributed by atoms with Gasteiger partial charge in [0.2, 0.25) is 0 Å². The van der Waals surface area contributed by atoms with Crippen LogP contribution in [-0.4, -0.2) is 17.3 Å². The molecule has 0 aliphatic heterocycles. The molecule has 0 bridgehead atoms. The van der Waals surface area contributed by atoms with E-state index in [9.17, 15) is 10.1 Å². The largest absolute Gasteiger partial charge is 0.478 e. The van der Waals surface area contributed by atoms with Crippen LogP contribution in [0, 0.1) is 18.3 Å². The average Bonchev–Trinajstić information content (AvgIpc) is 2.56. The molecule has 0 heterocycles. The Bertz CT molecular complexity index is 811. The van der Waals surface area contributed by atoms with E-state index in [0.717, 1.165) is 11.1 Å². The molecular formula is C18H15N3O2. The molecule has 2 aromatic carbocycles. The monoisotopic (exact) mass is 305 g/mol. The van der Waals surface area contributed by atoms with Crippen LogP contribution in [0.5, 0.6) is 0 Å². The Morgan fingerprint density at radius 3 is 2.22 bits per heavy atom. The molecule has 0 fully saturated rings. The summed E-state index contributed by atoms with van der Waals surface area (Å²) >= 11 is 0. The van der Waals surface area contributed by atoms with E-state index >= 15 is 0 Å². The molecule has 0 spiro atoms. The number of nitriles is 1. The van der Waals surface area contributed by atoms with E-state index in [1.54, 1.807) is 12.1 Å². The summed E-state index contributed by atoms with van der Waals surface area (Å²) in [5.74, 6) is -0.998. The van der Waals surface area contributed by atoms with Crippen molar-refractivity contribution in [2.24, 2.45) is 10.7 Å². The van der Waals surface area contributed by atoms with Crippen molar-refractivity contribution in [1.82, 2.24) is 0 Å². The molecule has 0 unspecified atom stereocenters. The van der Waals surface area contributed by atoms with Crippen molar-refractivity contribution in [1.29, 1.82) is 5.26 Å². The summed E-state index contributed by atoms with van der Waals surface area (Å²) in [4.78, 5) is 15.0. The highest BCUT2D eigenvalue weighted by Gasteiger charge is 2.04. The third kappa shape index (κ3) is 4.05. The maximum Gasteiger partial charge on any atom is 0.335 e. The standard InChI is InChI=1S/C18H15N3O2/c1-12-2-4-13(5-3-12)17(20)15(10-19)11-21-16-8-6-14(7-9-16)18(22)23/h2-9,11H,20H2,1H3,(H,22,23)/b17-15-,21-11?. The van der Waals surface area contributed by atoms with Gasteiger partial charge in [-0.25, -0.2) is 4.79 Å². The molecule has 0 amide bonds. The van der Waals surface area contributed by atoms with Gasteiger partial charge in [0.25, 0.3) is 0 Å². The number of hydrogen-bond donors (Lipinski definition) is 2. The predicted molar refractivity (Wildman–Crippen MR) is 89.5 cm³/mol. The topological polar surface area (TPSA) is 99.5 Å². The Hall–Kier alpha value is -3.39. The van der Waals surface area contributed by atoms with Crippen LogP contribution in [0.3, 0.4) is 0 Å². The zero-order chi connectivity index (χ0) is 16.8. The van der Waals surface area contributed by atoms with Crippen LogP contribution >= 0.6 is 0 Å². The summed E-state index contributed by atoms with van der Waals surface area (Å²) in [6, 6.07) is 15.6. The number of hydrogen-bond acceptors (Lipinski definition) is 4.